The Kier molecular flexibility index (Phi) is 5.84. The van der Waals surface area contributed by atoms with Gasteiger partial charge in [0.1, 0.15) is 11.5 Å². The largest absolute Gasteiger partial charge is 0.492 e. The minimum Gasteiger partial charge on any atom is -0.492 e. The lowest BCUT2D eigenvalue weighted by atomic mass is 9.71. The van der Waals surface area contributed by atoms with E-state index in [9.17, 15) is 0 Å². The number of rotatable bonds is 2. The molecule has 4 aromatic rings. The summed E-state index contributed by atoms with van der Waals surface area (Å²) in [6, 6.07) is 26.1. The molecule has 2 aliphatic carbocycles. The second-order valence-electron chi connectivity index (χ2n) is 11.4. The SMILES string of the molecule is c1ccc2c3c(ccc2c1)OCC(C1CCC(C2CCCC2)CC1)COc1ccc2ccccc2c1-3. The lowest BCUT2D eigenvalue weighted by Crippen LogP contribution is -2.31. The van der Waals surface area contributed by atoms with Crippen LogP contribution >= 0.6 is 0 Å². The Balaban J connectivity index is 1.27. The van der Waals surface area contributed by atoms with Crippen molar-refractivity contribution in [2.75, 3.05) is 13.2 Å². The molecule has 0 unspecified atom stereocenters. The molecular formula is C34H36O2. The highest BCUT2D eigenvalue weighted by Crippen LogP contribution is 2.48. The van der Waals surface area contributed by atoms with Gasteiger partial charge < -0.3 is 9.47 Å². The predicted octanol–water partition coefficient (Wildman–Crippen LogP) is 9.04. The molecule has 2 nitrogen and oxygen atoms in total. The molecule has 0 saturated heterocycles. The maximum Gasteiger partial charge on any atom is 0.127 e. The molecule has 36 heavy (non-hydrogen) atoms. The molecule has 0 atom stereocenters. The Morgan fingerprint density at radius 3 is 1.42 bits per heavy atom. The number of fused-ring (bicyclic) bond motifs is 7. The van der Waals surface area contributed by atoms with Crippen LogP contribution in [0.25, 0.3) is 32.7 Å². The average molecular weight is 477 g/mol. The van der Waals surface area contributed by atoms with Gasteiger partial charge in [-0.25, -0.2) is 0 Å². The van der Waals surface area contributed by atoms with Crippen LogP contribution in [-0.2, 0) is 0 Å². The lowest BCUT2D eigenvalue weighted by molar-refractivity contribution is 0.0894. The zero-order chi connectivity index (χ0) is 23.9. The van der Waals surface area contributed by atoms with E-state index in [2.05, 4.69) is 72.8 Å². The van der Waals surface area contributed by atoms with Gasteiger partial charge in [0.25, 0.3) is 0 Å². The molecule has 0 spiro atoms. The van der Waals surface area contributed by atoms with E-state index in [0.717, 1.165) is 36.5 Å². The molecule has 4 aromatic carbocycles. The summed E-state index contributed by atoms with van der Waals surface area (Å²) in [7, 11) is 0. The summed E-state index contributed by atoms with van der Waals surface area (Å²) in [5.41, 5.74) is 2.34. The Labute approximate surface area is 214 Å². The van der Waals surface area contributed by atoms with Gasteiger partial charge in [-0.2, -0.15) is 0 Å². The molecule has 0 radical (unpaired) electrons. The van der Waals surface area contributed by atoms with Crippen LogP contribution in [0.2, 0.25) is 0 Å². The highest BCUT2D eigenvalue weighted by atomic mass is 16.5. The molecule has 0 aromatic heterocycles. The summed E-state index contributed by atoms with van der Waals surface area (Å²) < 4.78 is 13.5. The van der Waals surface area contributed by atoms with Crippen LogP contribution in [0.15, 0.2) is 72.8 Å². The van der Waals surface area contributed by atoms with Gasteiger partial charge in [0.2, 0.25) is 0 Å². The van der Waals surface area contributed by atoms with Crippen molar-refractivity contribution >= 4 is 21.5 Å². The van der Waals surface area contributed by atoms with Crippen molar-refractivity contribution in [3.63, 3.8) is 0 Å². The topological polar surface area (TPSA) is 18.5 Å². The fourth-order valence-corrected chi connectivity index (χ4v) is 7.49. The number of ether oxygens (including phenoxy) is 2. The first kappa shape index (κ1) is 22.2. The van der Waals surface area contributed by atoms with E-state index < -0.39 is 0 Å². The average Bonchev–Trinajstić information content (AvgIpc) is 3.50. The molecule has 184 valence electrons. The second kappa shape index (κ2) is 9.47. The summed E-state index contributed by atoms with van der Waals surface area (Å²) in [4.78, 5) is 0. The highest BCUT2D eigenvalue weighted by Gasteiger charge is 2.34. The van der Waals surface area contributed by atoms with Gasteiger partial charge in [0, 0.05) is 17.0 Å². The standard InChI is InChI=1S/C34H36O2/c1-2-8-23(7-1)24-13-15-25(16-14-24)28-21-35-31-19-17-26-9-3-5-11-29(26)33(31)34-30-12-6-4-10-27(30)18-20-32(34)36-22-28/h3-6,9-12,17-20,23-25,28H,1-2,7-8,13-16,21-22H2. The Bertz CT molecular complexity index is 1290. The molecule has 1 aliphatic heterocycles. The molecule has 7 rings (SSSR count). The zero-order valence-corrected chi connectivity index (χ0v) is 21.1. The fraction of sp³-hybridized carbons (Fsp3) is 0.412. The molecule has 1 heterocycles. The molecule has 0 N–H and O–H groups in total. The quantitative estimate of drug-likeness (QED) is 0.287. The Morgan fingerprint density at radius 1 is 0.444 bits per heavy atom. The van der Waals surface area contributed by atoms with Crippen molar-refractivity contribution in [3.8, 4) is 22.6 Å². The third-order valence-corrected chi connectivity index (χ3v) is 9.49. The van der Waals surface area contributed by atoms with E-state index in [1.807, 2.05) is 0 Å². The minimum atomic E-state index is 0.422. The molecular weight excluding hydrogens is 440 g/mol. The van der Waals surface area contributed by atoms with Crippen molar-refractivity contribution in [1.82, 2.24) is 0 Å². The van der Waals surface area contributed by atoms with Crippen LogP contribution in [0.1, 0.15) is 51.4 Å². The van der Waals surface area contributed by atoms with Gasteiger partial charge in [-0.05, 0) is 77.1 Å². The van der Waals surface area contributed by atoms with Crippen molar-refractivity contribution in [2.24, 2.45) is 23.7 Å². The van der Waals surface area contributed by atoms with Gasteiger partial charge >= 0.3 is 0 Å². The lowest BCUT2D eigenvalue weighted by Gasteiger charge is -2.36. The van der Waals surface area contributed by atoms with Gasteiger partial charge in [-0.1, -0.05) is 86.3 Å². The Hall–Kier alpha value is -3.00. The first-order valence-electron chi connectivity index (χ1n) is 14.1. The molecule has 2 fully saturated rings. The summed E-state index contributed by atoms with van der Waals surface area (Å²) in [6.45, 7) is 1.46. The summed E-state index contributed by atoms with van der Waals surface area (Å²) >= 11 is 0. The van der Waals surface area contributed by atoms with Crippen molar-refractivity contribution in [1.29, 1.82) is 0 Å². The van der Waals surface area contributed by atoms with E-state index in [-0.39, 0.29) is 0 Å². The van der Waals surface area contributed by atoms with E-state index >= 15 is 0 Å². The van der Waals surface area contributed by atoms with Crippen LogP contribution in [0, 0.1) is 23.7 Å². The van der Waals surface area contributed by atoms with E-state index in [4.69, 9.17) is 9.47 Å². The van der Waals surface area contributed by atoms with Crippen LogP contribution in [0.4, 0.5) is 0 Å². The molecule has 2 saturated carbocycles. The smallest absolute Gasteiger partial charge is 0.127 e. The van der Waals surface area contributed by atoms with Crippen LogP contribution < -0.4 is 9.47 Å². The summed E-state index contributed by atoms with van der Waals surface area (Å²) in [5.74, 6) is 5.04. The summed E-state index contributed by atoms with van der Waals surface area (Å²) in [5, 5.41) is 4.93. The van der Waals surface area contributed by atoms with E-state index in [1.54, 1.807) is 0 Å². The van der Waals surface area contributed by atoms with Crippen LogP contribution in [0.5, 0.6) is 11.5 Å². The van der Waals surface area contributed by atoms with E-state index in [1.165, 1.54) is 84.0 Å². The molecule has 0 amide bonds. The summed E-state index contributed by atoms with van der Waals surface area (Å²) in [6.07, 6.45) is 11.3. The molecule has 0 bridgehead atoms. The minimum absolute atomic E-state index is 0.422. The van der Waals surface area contributed by atoms with E-state index in [0.29, 0.717) is 11.8 Å². The first-order chi connectivity index (χ1) is 17.8. The predicted molar refractivity (Wildman–Crippen MR) is 149 cm³/mol. The van der Waals surface area contributed by atoms with Crippen molar-refractivity contribution in [3.05, 3.63) is 72.8 Å². The molecule has 2 heteroatoms. The maximum atomic E-state index is 6.73. The molecule has 3 aliphatic rings. The Morgan fingerprint density at radius 2 is 0.889 bits per heavy atom. The van der Waals surface area contributed by atoms with Gasteiger partial charge in [0.05, 0.1) is 13.2 Å². The van der Waals surface area contributed by atoms with Crippen molar-refractivity contribution < 1.29 is 9.47 Å². The van der Waals surface area contributed by atoms with Crippen LogP contribution in [-0.4, -0.2) is 13.2 Å². The number of hydrogen-bond acceptors (Lipinski definition) is 2. The number of benzene rings is 4. The fourth-order valence-electron chi connectivity index (χ4n) is 7.49. The number of hydrogen-bond donors (Lipinski definition) is 0. The van der Waals surface area contributed by atoms with Gasteiger partial charge in [0.15, 0.2) is 0 Å². The van der Waals surface area contributed by atoms with Crippen LogP contribution in [0.3, 0.4) is 0 Å². The van der Waals surface area contributed by atoms with Crippen molar-refractivity contribution in [2.45, 2.75) is 51.4 Å². The van der Waals surface area contributed by atoms with Gasteiger partial charge in [-0.15, -0.1) is 0 Å². The van der Waals surface area contributed by atoms with Gasteiger partial charge in [-0.3, -0.25) is 0 Å². The third-order valence-electron chi connectivity index (χ3n) is 9.49. The first-order valence-corrected chi connectivity index (χ1v) is 14.1. The maximum absolute atomic E-state index is 6.73. The third kappa shape index (κ3) is 3.95. The highest BCUT2D eigenvalue weighted by molar-refractivity contribution is 6.09. The second-order valence-corrected chi connectivity index (χ2v) is 11.4. The monoisotopic (exact) mass is 476 g/mol. The normalized spacial score (nSPS) is 23.2. The zero-order valence-electron chi connectivity index (χ0n) is 21.1.